The average molecular weight is 490 g/mol. The van der Waals surface area contributed by atoms with Crippen molar-refractivity contribution in [1.29, 1.82) is 5.26 Å². The maximum absolute atomic E-state index is 9.75. The Hall–Kier alpha value is -2.69. The molecule has 7 nitrogen and oxygen atoms in total. The van der Waals surface area contributed by atoms with Crippen molar-refractivity contribution < 1.29 is 0 Å². The molecule has 3 fully saturated rings. The standard InChI is InChI=1S/C27H32ClN7/c1-17-5-7-18(8-6-17)16-35-26-23(33-27(35)34-10-9-31-22-3-2-4-24(22)34)12-21(13-29)32-25(26)19-11-20(28)15-30-14-19/h11-12,14-15,17-18,22,24,31H,2-10,16H2,1H3. The van der Waals surface area contributed by atoms with E-state index in [0.29, 0.717) is 28.7 Å². The SMILES string of the molecule is CC1CCC(Cn2c(N3CCNC4CCCC43)nc3cc(C#N)nc(-c4cncc(Cl)c4)c32)CC1. The van der Waals surface area contributed by atoms with E-state index in [-0.39, 0.29) is 0 Å². The molecule has 0 radical (unpaired) electrons. The summed E-state index contributed by atoms with van der Waals surface area (Å²) >= 11 is 6.32. The van der Waals surface area contributed by atoms with Gasteiger partial charge in [0, 0.05) is 55.7 Å². The first-order chi connectivity index (χ1) is 17.1. The second-order valence-electron chi connectivity index (χ2n) is 10.6. The highest BCUT2D eigenvalue weighted by molar-refractivity contribution is 6.30. The summed E-state index contributed by atoms with van der Waals surface area (Å²) in [5, 5.41) is 14.0. The van der Waals surface area contributed by atoms with E-state index in [9.17, 15) is 5.26 Å². The Morgan fingerprint density at radius 1 is 1.11 bits per heavy atom. The molecule has 1 aliphatic heterocycles. The maximum Gasteiger partial charge on any atom is 0.206 e. The normalized spacial score (nSPS) is 26.6. The van der Waals surface area contributed by atoms with Gasteiger partial charge in [0.05, 0.1) is 21.7 Å². The first-order valence-corrected chi connectivity index (χ1v) is 13.4. The molecule has 0 bridgehead atoms. The van der Waals surface area contributed by atoms with Gasteiger partial charge < -0.3 is 14.8 Å². The molecule has 4 heterocycles. The topological polar surface area (TPSA) is 82.7 Å². The van der Waals surface area contributed by atoms with E-state index in [1.807, 2.05) is 12.1 Å². The number of halogens is 1. The summed E-state index contributed by atoms with van der Waals surface area (Å²) in [6.45, 7) is 5.21. The van der Waals surface area contributed by atoms with Crippen molar-refractivity contribution in [2.75, 3.05) is 18.0 Å². The van der Waals surface area contributed by atoms with Crippen molar-refractivity contribution >= 4 is 28.6 Å². The van der Waals surface area contributed by atoms with E-state index in [1.54, 1.807) is 12.4 Å². The van der Waals surface area contributed by atoms with Crippen molar-refractivity contribution in [2.24, 2.45) is 11.8 Å². The molecule has 2 saturated carbocycles. The summed E-state index contributed by atoms with van der Waals surface area (Å²) in [7, 11) is 0. The Labute approximate surface area is 211 Å². The van der Waals surface area contributed by atoms with Crippen LogP contribution in [0, 0.1) is 23.2 Å². The third-order valence-corrected chi connectivity index (χ3v) is 8.48. The van der Waals surface area contributed by atoms with Crippen LogP contribution in [0.5, 0.6) is 0 Å². The molecule has 8 heteroatoms. The van der Waals surface area contributed by atoms with Crippen LogP contribution in [0.4, 0.5) is 5.95 Å². The number of pyridine rings is 2. The van der Waals surface area contributed by atoms with Gasteiger partial charge in [-0.2, -0.15) is 5.26 Å². The fourth-order valence-electron chi connectivity index (χ4n) is 6.44. The lowest BCUT2D eigenvalue weighted by molar-refractivity contribution is 0.266. The highest BCUT2D eigenvalue weighted by Gasteiger charge is 2.38. The zero-order valence-corrected chi connectivity index (χ0v) is 21.0. The number of aromatic nitrogens is 4. The summed E-state index contributed by atoms with van der Waals surface area (Å²) in [5.41, 5.74) is 3.77. The zero-order chi connectivity index (χ0) is 23.9. The number of hydrogen-bond donors (Lipinski definition) is 1. The quantitative estimate of drug-likeness (QED) is 0.544. The molecule has 3 aliphatic rings. The molecule has 35 heavy (non-hydrogen) atoms. The summed E-state index contributed by atoms with van der Waals surface area (Å²) in [6.07, 6.45) is 12.1. The van der Waals surface area contributed by atoms with E-state index in [4.69, 9.17) is 21.6 Å². The summed E-state index contributed by atoms with van der Waals surface area (Å²) < 4.78 is 2.42. The first kappa shape index (κ1) is 22.8. The number of anilines is 1. The molecule has 1 saturated heterocycles. The van der Waals surface area contributed by atoms with Gasteiger partial charge in [-0.3, -0.25) is 4.98 Å². The van der Waals surface area contributed by atoms with Crippen molar-refractivity contribution in [3.05, 3.63) is 35.2 Å². The Balaban J connectivity index is 1.53. The Bertz CT molecular complexity index is 1270. The number of nitrogens with one attached hydrogen (secondary N) is 1. The third kappa shape index (κ3) is 4.28. The van der Waals surface area contributed by atoms with Gasteiger partial charge in [0.25, 0.3) is 0 Å². The van der Waals surface area contributed by atoms with Gasteiger partial charge >= 0.3 is 0 Å². The van der Waals surface area contributed by atoms with E-state index < -0.39 is 0 Å². The number of piperazine rings is 1. The molecule has 182 valence electrons. The highest BCUT2D eigenvalue weighted by Crippen LogP contribution is 2.38. The van der Waals surface area contributed by atoms with Crippen molar-refractivity contribution in [1.82, 2.24) is 24.8 Å². The van der Waals surface area contributed by atoms with Gasteiger partial charge in [-0.1, -0.05) is 31.4 Å². The molecule has 6 rings (SSSR count). The number of nitriles is 1. The van der Waals surface area contributed by atoms with E-state index >= 15 is 0 Å². The van der Waals surface area contributed by atoms with Crippen LogP contribution < -0.4 is 10.2 Å². The third-order valence-electron chi connectivity index (χ3n) is 8.27. The molecule has 2 atom stereocenters. The van der Waals surface area contributed by atoms with Crippen LogP contribution >= 0.6 is 11.6 Å². The van der Waals surface area contributed by atoms with Crippen LogP contribution in [0.25, 0.3) is 22.3 Å². The lowest BCUT2D eigenvalue weighted by Gasteiger charge is -2.39. The van der Waals surface area contributed by atoms with Crippen LogP contribution in [0.2, 0.25) is 5.02 Å². The minimum atomic E-state index is 0.370. The van der Waals surface area contributed by atoms with E-state index in [0.717, 1.165) is 53.8 Å². The molecule has 0 amide bonds. The summed E-state index contributed by atoms with van der Waals surface area (Å²) in [6, 6.07) is 6.95. The first-order valence-electron chi connectivity index (χ1n) is 13.0. The van der Waals surface area contributed by atoms with Gasteiger partial charge in [-0.25, -0.2) is 9.97 Å². The number of rotatable bonds is 4. The lowest BCUT2D eigenvalue weighted by Crippen LogP contribution is -2.56. The van der Waals surface area contributed by atoms with Crippen LogP contribution in [-0.4, -0.2) is 44.7 Å². The highest BCUT2D eigenvalue weighted by atomic mass is 35.5. The minimum absolute atomic E-state index is 0.370. The number of hydrogen-bond acceptors (Lipinski definition) is 6. The number of imidazole rings is 1. The smallest absolute Gasteiger partial charge is 0.206 e. The monoisotopic (exact) mass is 489 g/mol. The second-order valence-corrected chi connectivity index (χ2v) is 11.1. The minimum Gasteiger partial charge on any atom is -0.336 e. The zero-order valence-electron chi connectivity index (χ0n) is 20.3. The average Bonchev–Trinajstić information content (AvgIpc) is 3.49. The van der Waals surface area contributed by atoms with E-state index in [1.165, 1.54) is 44.9 Å². The fourth-order valence-corrected chi connectivity index (χ4v) is 6.62. The molecule has 0 spiro atoms. The Kier molecular flexibility index (Phi) is 6.11. The molecule has 1 N–H and O–H groups in total. The molecule has 3 aromatic heterocycles. The van der Waals surface area contributed by atoms with Gasteiger partial charge in [-0.05, 0) is 50.0 Å². The van der Waals surface area contributed by atoms with Crippen molar-refractivity contribution in [2.45, 2.75) is 70.5 Å². The van der Waals surface area contributed by atoms with Gasteiger partial charge in [0.15, 0.2) is 0 Å². The predicted octanol–water partition coefficient (Wildman–Crippen LogP) is 5.18. The van der Waals surface area contributed by atoms with E-state index in [2.05, 4.69) is 32.8 Å². The lowest BCUT2D eigenvalue weighted by atomic mass is 9.83. The summed E-state index contributed by atoms with van der Waals surface area (Å²) in [5.74, 6) is 2.46. The second kappa shape index (κ2) is 9.40. The van der Waals surface area contributed by atoms with Crippen LogP contribution in [-0.2, 0) is 6.54 Å². The molecule has 2 unspecified atom stereocenters. The van der Waals surface area contributed by atoms with Crippen LogP contribution in [0.15, 0.2) is 24.5 Å². The molecule has 3 aromatic rings. The van der Waals surface area contributed by atoms with Gasteiger partial charge in [0.2, 0.25) is 5.95 Å². The molecular formula is C27H32ClN7. The number of nitrogens with zero attached hydrogens (tertiary/aromatic N) is 6. The maximum atomic E-state index is 9.75. The largest absolute Gasteiger partial charge is 0.336 e. The predicted molar refractivity (Wildman–Crippen MR) is 138 cm³/mol. The van der Waals surface area contributed by atoms with Crippen LogP contribution in [0.3, 0.4) is 0 Å². The van der Waals surface area contributed by atoms with Gasteiger partial charge in [0.1, 0.15) is 11.8 Å². The van der Waals surface area contributed by atoms with Crippen molar-refractivity contribution in [3.63, 3.8) is 0 Å². The van der Waals surface area contributed by atoms with Crippen LogP contribution in [0.1, 0.15) is 57.6 Å². The number of fused-ring (bicyclic) bond motifs is 2. The van der Waals surface area contributed by atoms with Crippen molar-refractivity contribution in [3.8, 4) is 17.3 Å². The summed E-state index contributed by atoms with van der Waals surface area (Å²) in [4.78, 5) is 16.8. The molecule has 2 aliphatic carbocycles. The van der Waals surface area contributed by atoms with Gasteiger partial charge in [-0.15, -0.1) is 0 Å². The Morgan fingerprint density at radius 2 is 1.97 bits per heavy atom. The Morgan fingerprint density at radius 3 is 2.77 bits per heavy atom. The molecule has 0 aromatic carbocycles. The fraction of sp³-hybridized carbons (Fsp3) is 0.556. The molecular weight excluding hydrogens is 458 g/mol.